The van der Waals surface area contributed by atoms with Gasteiger partial charge in [-0.05, 0) is 24.1 Å². The molecule has 0 saturated carbocycles. The van der Waals surface area contributed by atoms with Gasteiger partial charge in [0, 0.05) is 12.1 Å². The Balaban J connectivity index is 1.96. The summed E-state index contributed by atoms with van der Waals surface area (Å²) in [6.45, 7) is 8.46. The van der Waals surface area contributed by atoms with Crippen LogP contribution in [-0.2, 0) is 6.42 Å². The van der Waals surface area contributed by atoms with E-state index in [0.717, 1.165) is 39.7 Å². The first-order valence-corrected chi connectivity index (χ1v) is 8.26. The van der Waals surface area contributed by atoms with Gasteiger partial charge >= 0.3 is 5.71 Å². The molecule has 0 fully saturated rings. The van der Waals surface area contributed by atoms with Crippen LogP contribution in [0.4, 0.5) is 0 Å². The predicted molar refractivity (Wildman–Crippen MR) is 94.6 cm³/mol. The fourth-order valence-electron chi connectivity index (χ4n) is 3.17. The molecule has 0 atom stereocenters. The highest BCUT2D eigenvalue weighted by molar-refractivity contribution is 5.89. The van der Waals surface area contributed by atoms with Gasteiger partial charge in [0.05, 0.1) is 5.57 Å². The van der Waals surface area contributed by atoms with Gasteiger partial charge in [-0.1, -0.05) is 24.8 Å². The van der Waals surface area contributed by atoms with Crippen molar-refractivity contribution in [2.75, 3.05) is 0 Å². The molecule has 0 unspecified atom stereocenters. The van der Waals surface area contributed by atoms with Crippen LogP contribution in [0.2, 0.25) is 0 Å². The minimum Gasteiger partial charge on any atom is -0.278 e. The van der Waals surface area contributed by atoms with Gasteiger partial charge in [-0.2, -0.15) is 22.8 Å². The van der Waals surface area contributed by atoms with Gasteiger partial charge in [-0.25, -0.2) is 0 Å². The second-order valence-electron chi connectivity index (χ2n) is 6.59. The van der Waals surface area contributed by atoms with Crippen molar-refractivity contribution in [3.05, 3.63) is 84.2 Å². The van der Waals surface area contributed by atoms with Gasteiger partial charge in [-0.15, -0.1) is 12.1 Å². The molecule has 0 amide bonds. The fourth-order valence-corrected chi connectivity index (χ4v) is 3.17. The Hall–Kier alpha value is -2.81. The summed E-state index contributed by atoms with van der Waals surface area (Å²) in [5.74, 6) is 1.44. The van der Waals surface area contributed by atoms with E-state index in [9.17, 15) is 0 Å². The van der Waals surface area contributed by atoms with Crippen LogP contribution in [0.3, 0.4) is 0 Å². The molecule has 1 aliphatic carbocycles. The second kappa shape index (κ2) is 5.68. The summed E-state index contributed by atoms with van der Waals surface area (Å²) in [5.41, 5.74) is 3.91. The molecule has 3 nitrogen and oxygen atoms in total. The molecule has 3 aromatic rings. The lowest BCUT2D eigenvalue weighted by atomic mass is 9.97. The van der Waals surface area contributed by atoms with Crippen molar-refractivity contribution in [3.63, 3.8) is 0 Å². The van der Waals surface area contributed by atoms with Gasteiger partial charge < -0.3 is 0 Å². The summed E-state index contributed by atoms with van der Waals surface area (Å²) in [4.78, 5) is 4.72. The Morgan fingerprint density at radius 3 is 2.96 bits per heavy atom. The van der Waals surface area contributed by atoms with E-state index in [-0.39, 0.29) is 0 Å². The summed E-state index contributed by atoms with van der Waals surface area (Å²) in [6.07, 6.45) is 9.11. The topological polar surface area (TPSA) is 30.1 Å². The number of rotatable bonds is 2. The number of nitrogens with zero attached hydrogens (tertiary/aromatic N) is 2. The summed E-state index contributed by atoms with van der Waals surface area (Å²) >= 11 is 0. The van der Waals surface area contributed by atoms with Crippen LogP contribution in [0.15, 0.2) is 53.1 Å². The van der Waals surface area contributed by atoms with Gasteiger partial charge in [0.1, 0.15) is 6.72 Å². The average Bonchev–Trinajstić information content (AvgIpc) is 2.92. The molecule has 1 aliphatic rings. The molecule has 0 saturated heterocycles. The van der Waals surface area contributed by atoms with Crippen molar-refractivity contribution < 1.29 is 8.66 Å². The number of furan rings is 1. The van der Waals surface area contributed by atoms with Crippen LogP contribution in [0.1, 0.15) is 30.9 Å². The first-order valence-electron chi connectivity index (χ1n) is 8.26. The summed E-state index contributed by atoms with van der Waals surface area (Å²) in [7, 11) is 0. The molecule has 3 heterocycles. The van der Waals surface area contributed by atoms with Gasteiger partial charge in [0.25, 0.3) is 5.76 Å². The molecule has 0 N–H and O–H groups in total. The van der Waals surface area contributed by atoms with Gasteiger partial charge in [0.15, 0.2) is 6.20 Å². The Morgan fingerprint density at radius 1 is 1.29 bits per heavy atom. The summed E-state index contributed by atoms with van der Waals surface area (Å²) in [6, 6.07) is 10.3. The monoisotopic (exact) mass is 316 g/mol. The van der Waals surface area contributed by atoms with E-state index in [1.54, 1.807) is 0 Å². The number of pyridine rings is 2. The lowest BCUT2D eigenvalue weighted by Crippen LogP contribution is -2.36. The van der Waals surface area contributed by atoms with Gasteiger partial charge in [0.2, 0.25) is 5.35 Å². The molecule has 0 aromatic carbocycles. The van der Waals surface area contributed by atoms with Crippen LogP contribution in [-0.4, -0.2) is 4.98 Å². The van der Waals surface area contributed by atoms with Crippen molar-refractivity contribution in [2.45, 2.75) is 20.3 Å². The lowest BCUT2D eigenvalue weighted by molar-refractivity contribution is -0.514. The molecule has 3 heteroatoms. The molecular weight excluding hydrogens is 296 g/mol. The van der Waals surface area contributed by atoms with Crippen LogP contribution in [0.25, 0.3) is 16.7 Å². The number of hydrogen-bond acceptors (Lipinski definition) is 1. The quantitative estimate of drug-likeness (QED) is 0.413. The largest absolute Gasteiger partial charge is 0.336 e. The van der Waals surface area contributed by atoms with E-state index in [4.69, 9.17) is 9.40 Å². The van der Waals surface area contributed by atoms with Crippen molar-refractivity contribution in [1.29, 1.82) is 0 Å². The highest BCUT2D eigenvalue weighted by atomic mass is 16.3. The zero-order valence-corrected chi connectivity index (χ0v) is 14.0. The van der Waals surface area contributed by atoms with Crippen LogP contribution < -0.4 is 9.59 Å². The molecular formula is C21H20N2O. The number of hydrogen-bond donors (Lipinski definition) is 0. The standard InChI is InChI=1S/C21H20N2O/c1-14(2)13-15-10-11-17-16-7-6-8-18(20(16)24-21(17)22-15)19-9-4-5-12-23(19)3/h4-12,14H,3,13H2,1-2H3. The Kier molecular flexibility index (Phi) is 3.49. The Morgan fingerprint density at radius 2 is 2.17 bits per heavy atom. The molecule has 0 bridgehead atoms. The third-order valence-electron chi connectivity index (χ3n) is 4.26. The molecule has 0 aliphatic heterocycles. The molecule has 0 radical (unpaired) electrons. The smallest absolute Gasteiger partial charge is 0.278 e. The van der Waals surface area contributed by atoms with E-state index >= 15 is 0 Å². The molecule has 120 valence electrons. The number of aromatic nitrogens is 2. The summed E-state index contributed by atoms with van der Waals surface area (Å²) in [5, 5.41) is 2.08. The molecule has 4 rings (SSSR count). The van der Waals surface area contributed by atoms with Crippen LogP contribution >= 0.6 is 0 Å². The van der Waals surface area contributed by atoms with E-state index in [1.807, 2.05) is 28.6 Å². The van der Waals surface area contributed by atoms with E-state index in [2.05, 4.69) is 51.3 Å². The first-order chi connectivity index (χ1) is 11.6. The third-order valence-corrected chi connectivity index (χ3v) is 4.26. The second-order valence-corrected chi connectivity index (χ2v) is 6.59. The van der Waals surface area contributed by atoms with Gasteiger partial charge in [-0.3, -0.25) is 9.40 Å². The zero-order chi connectivity index (χ0) is 16.7. The molecule has 0 spiro atoms. The maximum Gasteiger partial charge on any atom is 0.336 e. The zero-order valence-electron chi connectivity index (χ0n) is 14.0. The summed E-state index contributed by atoms with van der Waals surface area (Å²) < 4.78 is 8.02. The number of allylic oxidation sites excluding steroid dienone is 2. The SMILES string of the molecule is C=[n+]1ccccc1=C1C=C[CH-]c2c1[o+][c-]1nc(CC(C)C)ccc21. The lowest BCUT2D eigenvalue weighted by Gasteiger charge is -2.10. The number of fused-ring (bicyclic) bond motifs is 3. The minimum atomic E-state index is 0.573. The third kappa shape index (κ3) is 2.42. The van der Waals surface area contributed by atoms with Crippen molar-refractivity contribution in [3.8, 4) is 0 Å². The van der Waals surface area contributed by atoms with E-state index in [0.29, 0.717) is 11.6 Å². The Labute approximate surface area is 141 Å². The fraction of sp³-hybridized carbons (Fsp3) is 0.190. The predicted octanol–water partition coefficient (Wildman–Crippen LogP) is 3.27. The van der Waals surface area contributed by atoms with Crippen molar-refractivity contribution in [1.82, 2.24) is 4.98 Å². The molecule has 3 aromatic heterocycles. The average molecular weight is 316 g/mol. The van der Waals surface area contributed by atoms with Crippen molar-refractivity contribution in [2.24, 2.45) is 5.92 Å². The van der Waals surface area contributed by atoms with E-state index in [1.165, 1.54) is 0 Å². The maximum absolute atomic E-state index is 6.16. The highest BCUT2D eigenvalue weighted by Crippen LogP contribution is 2.34. The normalized spacial score (nSPS) is 15.6. The van der Waals surface area contributed by atoms with Crippen LogP contribution in [0, 0.1) is 19.1 Å². The Bertz CT molecular complexity index is 1060. The first kappa shape index (κ1) is 14.8. The van der Waals surface area contributed by atoms with Crippen LogP contribution in [0.5, 0.6) is 0 Å². The van der Waals surface area contributed by atoms with E-state index < -0.39 is 0 Å². The minimum absolute atomic E-state index is 0.573. The highest BCUT2D eigenvalue weighted by Gasteiger charge is 2.21. The van der Waals surface area contributed by atoms with Crippen molar-refractivity contribution >= 4 is 16.7 Å². The molecule has 24 heavy (non-hydrogen) atoms. The maximum atomic E-state index is 6.16.